The topological polar surface area (TPSA) is 128 Å². The Morgan fingerprint density at radius 2 is 2.27 bits per heavy atom. The third-order valence-electron chi connectivity index (χ3n) is 5.68. The number of halogens is 2. The molecular formula is C20H23F2N7O4. The number of aromatic nitrogens is 5. The summed E-state index contributed by atoms with van der Waals surface area (Å²) < 4.78 is 46.2. The van der Waals surface area contributed by atoms with Crippen molar-refractivity contribution in [3.05, 3.63) is 35.7 Å². The van der Waals surface area contributed by atoms with Gasteiger partial charge in [0, 0.05) is 24.9 Å². The summed E-state index contributed by atoms with van der Waals surface area (Å²) in [6.07, 6.45) is 0.147. The molecule has 1 aliphatic heterocycles. The summed E-state index contributed by atoms with van der Waals surface area (Å²) in [6.45, 7) is 2.04. The summed E-state index contributed by atoms with van der Waals surface area (Å²) in [4.78, 5) is 20.2. The molecule has 1 saturated heterocycles. The van der Waals surface area contributed by atoms with Crippen molar-refractivity contribution in [1.29, 1.82) is 0 Å². The molecule has 1 amide bonds. The van der Waals surface area contributed by atoms with Gasteiger partial charge in [-0.2, -0.15) is 5.10 Å². The maximum absolute atomic E-state index is 14.9. The number of nitrogens with zero attached hydrogens (tertiary/aromatic N) is 4. The van der Waals surface area contributed by atoms with E-state index in [2.05, 4.69) is 30.8 Å². The number of imidazole rings is 1. The smallest absolute Gasteiger partial charge is 0.408 e. The van der Waals surface area contributed by atoms with E-state index in [1.807, 2.05) is 6.92 Å². The predicted molar refractivity (Wildman–Crippen MR) is 110 cm³/mol. The fourth-order valence-corrected chi connectivity index (χ4v) is 3.63. The minimum atomic E-state index is -1.57. The average molecular weight is 463 g/mol. The van der Waals surface area contributed by atoms with Crippen molar-refractivity contribution in [1.82, 2.24) is 29.9 Å². The Balaban J connectivity index is 1.27. The molecule has 3 atom stereocenters. The molecule has 1 saturated carbocycles. The van der Waals surface area contributed by atoms with E-state index in [4.69, 9.17) is 14.2 Å². The largest absolute Gasteiger partial charge is 0.441 e. The zero-order chi connectivity index (χ0) is 23.2. The van der Waals surface area contributed by atoms with Gasteiger partial charge >= 0.3 is 6.09 Å². The van der Waals surface area contributed by atoms with Gasteiger partial charge < -0.3 is 24.8 Å². The Labute approximate surface area is 186 Å². The van der Waals surface area contributed by atoms with Gasteiger partial charge in [0.25, 0.3) is 0 Å². The molecule has 3 aromatic heterocycles. The summed E-state index contributed by atoms with van der Waals surface area (Å²) in [5.41, 5.74) is 0.706. The van der Waals surface area contributed by atoms with Gasteiger partial charge in [0.05, 0.1) is 30.8 Å². The van der Waals surface area contributed by atoms with E-state index < -0.39 is 30.3 Å². The molecule has 5 rings (SSSR count). The number of ether oxygens (including phenoxy) is 3. The number of alkyl carbamates (subject to hydrolysis) is 1. The summed E-state index contributed by atoms with van der Waals surface area (Å²) in [5.74, 6) is -0.0159. The lowest BCUT2D eigenvalue weighted by Gasteiger charge is -2.17. The molecule has 11 nitrogen and oxygen atoms in total. The normalized spacial score (nSPS) is 23.6. The van der Waals surface area contributed by atoms with Crippen molar-refractivity contribution in [3.8, 4) is 0 Å². The van der Waals surface area contributed by atoms with Gasteiger partial charge in [0.2, 0.25) is 5.95 Å². The van der Waals surface area contributed by atoms with E-state index in [1.165, 1.54) is 11.5 Å². The maximum atomic E-state index is 14.9. The van der Waals surface area contributed by atoms with Crippen LogP contribution in [0, 0.1) is 5.82 Å². The van der Waals surface area contributed by atoms with Gasteiger partial charge in [0.1, 0.15) is 6.10 Å². The number of methoxy groups -OCH3 is 1. The number of amides is 1. The van der Waals surface area contributed by atoms with Crippen LogP contribution in [0.5, 0.6) is 0 Å². The Hall–Kier alpha value is -3.32. The second-order valence-corrected chi connectivity index (χ2v) is 8.45. The number of nitrogens with one attached hydrogen (secondary N) is 3. The van der Waals surface area contributed by atoms with Crippen LogP contribution in [0.4, 0.5) is 25.3 Å². The van der Waals surface area contributed by atoms with Gasteiger partial charge in [-0.15, -0.1) is 0 Å². The molecule has 13 heteroatoms. The fraction of sp³-hybridized carbons (Fsp3) is 0.500. The summed E-state index contributed by atoms with van der Waals surface area (Å²) in [6, 6.07) is 1.55. The second kappa shape index (κ2) is 8.23. The zero-order valence-electron chi connectivity index (χ0n) is 18.0. The van der Waals surface area contributed by atoms with Crippen LogP contribution in [0.1, 0.15) is 37.3 Å². The molecule has 0 spiro atoms. The molecule has 2 aliphatic rings. The van der Waals surface area contributed by atoms with Crippen LogP contribution >= 0.6 is 0 Å². The van der Waals surface area contributed by atoms with E-state index in [1.54, 1.807) is 12.3 Å². The van der Waals surface area contributed by atoms with Crippen LogP contribution < -0.4 is 10.6 Å². The van der Waals surface area contributed by atoms with Crippen molar-refractivity contribution in [3.63, 3.8) is 0 Å². The highest BCUT2D eigenvalue weighted by Gasteiger charge is 2.44. The number of aromatic amines is 1. The zero-order valence-corrected chi connectivity index (χ0v) is 18.0. The van der Waals surface area contributed by atoms with Gasteiger partial charge in [-0.25, -0.2) is 23.5 Å². The molecular weight excluding hydrogens is 440 g/mol. The molecule has 3 N–H and O–H groups in total. The van der Waals surface area contributed by atoms with Crippen LogP contribution in [0.25, 0.3) is 5.65 Å². The van der Waals surface area contributed by atoms with E-state index >= 15 is 0 Å². The Kier molecular flexibility index (Phi) is 5.37. The lowest BCUT2D eigenvalue weighted by molar-refractivity contribution is 0.0604. The first-order valence-electron chi connectivity index (χ1n) is 10.4. The van der Waals surface area contributed by atoms with Crippen molar-refractivity contribution in [2.45, 2.75) is 50.3 Å². The highest BCUT2D eigenvalue weighted by Crippen LogP contribution is 2.36. The molecule has 176 valence electrons. The first kappa shape index (κ1) is 21.5. The molecule has 1 aliphatic carbocycles. The molecule has 4 heterocycles. The first-order chi connectivity index (χ1) is 15.8. The molecule has 0 unspecified atom stereocenters. The number of anilines is 2. The Bertz CT molecular complexity index is 1180. The third kappa shape index (κ3) is 4.33. The van der Waals surface area contributed by atoms with Crippen molar-refractivity contribution in [2.75, 3.05) is 19.0 Å². The van der Waals surface area contributed by atoms with Gasteiger partial charge in [-0.3, -0.25) is 9.50 Å². The van der Waals surface area contributed by atoms with Crippen molar-refractivity contribution < 1.29 is 27.8 Å². The first-order valence-corrected chi connectivity index (χ1v) is 10.4. The molecule has 2 fully saturated rings. The number of hydrogen-bond acceptors (Lipinski definition) is 8. The van der Waals surface area contributed by atoms with E-state index in [9.17, 15) is 13.6 Å². The predicted octanol–water partition coefficient (Wildman–Crippen LogP) is 2.54. The van der Waals surface area contributed by atoms with E-state index in [0.717, 1.165) is 19.0 Å². The van der Waals surface area contributed by atoms with Gasteiger partial charge in [-0.05, 0) is 19.8 Å². The standard InChI is InChI=1S/C20H23F2N7O4/c1-20(3-4-20)26-19(30)33-13-9-32-16(15(13)22)12-5-14(28-27-12)25-18-23-6-11(21)17-24-10(8-31-2)7-29(17)18/h5-7,13,15-16H,3-4,8-9H2,1-2H3,(H,26,30)(H2,23,25,27,28)/t13-,15-,16-/m0/s1. The minimum absolute atomic E-state index is 0.0742. The Morgan fingerprint density at radius 1 is 1.45 bits per heavy atom. The highest BCUT2D eigenvalue weighted by atomic mass is 19.1. The number of rotatable bonds is 7. The molecule has 0 bridgehead atoms. The summed E-state index contributed by atoms with van der Waals surface area (Å²) in [5, 5.41) is 12.5. The molecule has 0 radical (unpaired) electrons. The Morgan fingerprint density at radius 3 is 3.03 bits per heavy atom. The SMILES string of the molecule is COCc1cn2c(Nc3cc([C@@H]4OC[C@H](OC(=O)NC5(C)CC5)[C@@H]4F)[nH]n3)ncc(F)c2n1. The van der Waals surface area contributed by atoms with Gasteiger partial charge in [-0.1, -0.05) is 0 Å². The lowest BCUT2D eigenvalue weighted by Crippen LogP contribution is -2.39. The van der Waals surface area contributed by atoms with Crippen molar-refractivity contribution >= 4 is 23.5 Å². The van der Waals surface area contributed by atoms with Crippen LogP contribution in [0.3, 0.4) is 0 Å². The number of carbonyl (C=O) groups excluding carboxylic acids is 1. The number of carbonyl (C=O) groups is 1. The van der Waals surface area contributed by atoms with Crippen LogP contribution in [-0.4, -0.2) is 62.2 Å². The number of fused-ring (bicyclic) bond motifs is 1. The van der Waals surface area contributed by atoms with Crippen LogP contribution in [0.15, 0.2) is 18.5 Å². The number of alkyl halides is 1. The second-order valence-electron chi connectivity index (χ2n) is 8.45. The number of H-pyrrole nitrogens is 1. The highest BCUT2D eigenvalue weighted by molar-refractivity contribution is 5.69. The monoisotopic (exact) mass is 463 g/mol. The van der Waals surface area contributed by atoms with E-state index in [-0.39, 0.29) is 30.3 Å². The third-order valence-corrected chi connectivity index (χ3v) is 5.68. The summed E-state index contributed by atoms with van der Waals surface area (Å²) in [7, 11) is 1.52. The number of hydrogen-bond donors (Lipinski definition) is 3. The van der Waals surface area contributed by atoms with Crippen LogP contribution in [0.2, 0.25) is 0 Å². The van der Waals surface area contributed by atoms with Crippen molar-refractivity contribution in [2.24, 2.45) is 0 Å². The quantitative estimate of drug-likeness (QED) is 0.488. The van der Waals surface area contributed by atoms with Gasteiger partial charge in [0.15, 0.2) is 29.6 Å². The molecule has 3 aromatic rings. The molecule has 33 heavy (non-hydrogen) atoms. The fourth-order valence-electron chi connectivity index (χ4n) is 3.63. The van der Waals surface area contributed by atoms with Crippen LogP contribution in [-0.2, 0) is 20.8 Å². The lowest BCUT2D eigenvalue weighted by atomic mass is 10.1. The van der Waals surface area contributed by atoms with E-state index in [0.29, 0.717) is 17.2 Å². The maximum Gasteiger partial charge on any atom is 0.408 e. The average Bonchev–Trinajstić information content (AvgIpc) is 3.15. The molecule has 0 aromatic carbocycles. The minimum Gasteiger partial charge on any atom is -0.441 e. The summed E-state index contributed by atoms with van der Waals surface area (Å²) >= 11 is 0.